The van der Waals surface area contributed by atoms with Crippen LogP contribution in [0.3, 0.4) is 0 Å². The molecule has 0 aliphatic carbocycles. The third kappa shape index (κ3) is 6.82. The maximum Gasteiger partial charge on any atom is 0.254 e. The lowest BCUT2D eigenvalue weighted by atomic mass is 9.92. The Morgan fingerprint density at radius 2 is 1.92 bits per heavy atom. The number of aryl methyl sites for hydroxylation is 1. The number of piperidine rings is 1. The van der Waals surface area contributed by atoms with Gasteiger partial charge in [0.25, 0.3) is 5.91 Å². The first-order valence-corrected chi connectivity index (χ1v) is 12.7. The summed E-state index contributed by atoms with van der Waals surface area (Å²) in [7, 11) is 3.47. The number of carbonyl (C=O) groups excluding carboxylic acids is 1. The standard InChI is InChI=1S/C27H35FN6O3/c1-19-24(18-32-33(19)2)21-16-30-27(31-17-21)34-11-8-20(9-12-34)5-4-13-37-22-6-7-23(25(28)15-22)26(35)29-10-14-36-3/h6-7,15-18,20H,4-5,8-14H2,1-3H3,(H,29,35). The predicted octanol–water partition coefficient (Wildman–Crippen LogP) is 3.78. The Balaban J connectivity index is 1.17. The summed E-state index contributed by atoms with van der Waals surface area (Å²) < 4.78 is 26.8. The van der Waals surface area contributed by atoms with Crippen LogP contribution in [0.2, 0.25) is 0 Å². The average Bonchev–Trinajstić information content (AvgIpc) is 3.25. The summed E-state index contributed by atoms with van der Waals surface area (Å²) in [5.41, 5.74) is 3.12. The number of amides is 1. The van der Waals surface area contributed by atoms with Crippen molar-refractivity contribution in [3.8, 4) is 16.9 Å². The van der Waals surface area contributed by atoms with E-state index in [2.05, 4.69) is 25.3 Å². The second kappa shape index (κ2) is 12.6. The van der Waals surface area contributed by atoms with Gasteiger partial charge in [0.1, 0.15) is 11.6 Å². The molecule has 9 nitrogen and oxygen atoms in total. The molecule has 1 saturated heterocycles. The summed E-state index contributed by atoms with van der Waals surface area (Å²) in [5, 5.41) is 6.91. The molecule has 1 N–H and O–H groups in total. The number of rotatable bonds is 11. The lowest BCUT2D eigenvalue weighted by molar-refractivity contribution is 0.0933. The molecule has 1 amide bonds. The number of hydrogen-bond acceptors (Lipinski definition) is 7. The molecular formula is C27H35FN6O3. The van der Waals surface area contributed by atoms with Gasteiger partial charge >= 0.3 is 0 Å². The Morgan fingerprint density at radius 3 is 2.57 bits per heavy atom. The van der Waals surface area contributed by atoms with Gasteiger partial charge in [-0.1, -0.05) is 0 Å². The third-order valence-electron chi connectivity index (χ3n) is 6.88. The highest BCUT2D eigenvalue weighted by molar-refractivity contribution is 5.94. The smallest absolute Gasteiger partial charge is 0.254 e. The van der Waals surface area contributed by atoms with Crippen LogP contribution in [0.15, 0.2) is 36.8 Å². The fraction of sp³-hybridized carbons (Fsp3) is 0.481. The lowest BCUT2D eigenvalue weighted by Gasteiger charge is -2.32. The van der Waals surface area contributed by atoms with Gasteiger partial charge in [0.15, 0.2) is 0 Å². The number of methoxy groups -OCH3 is 1. The van der Waals surface area contributed by atoms with Crippen LogP contribution >= 0.6 is 0 Å². The first-order chi connectivity index (χ1) is 18.0. The largest absolute Gasteiger partial charge is 0.493 e. The van der Waals surface area contributed by atoms with Crippen molar-refractivity contribution in [2.75, 3.05) is 44.9 Å². The zero-order valence-electron chi connectivity index (χ0n) is 21.7. The van der Waals surface area contributed by atoms with Crippen LogP contribution in [-0.2, 0) is 11.8 Å². The Morgan fingerprint density at radius 1 is 1.16 bits per heavy atom. The Labute approximate surface area is 217 Å². The summed E-state index contributed by atoms with van der Waals surface area (Å²) in [6.07, 6.45) is 9.69. The molecule has 1 aliphatic rings. The van der Waals surface area contributed by atoms with Gasteiger partial charge in [0.05, 0.1) is 25.0 Å². The molecule has 0 saturated carbocycles. The van der Waals surface area contributed by atoms with Crippen LogP contribution in [-0.4, -0.2) is 65.6 Å². The van der Waals surface area contributed by atoms with Gasteiger partial charge in [0, 0.05) is 69.1 Å². The molecule has 1 fully saturated rings. The molecule has 3 heterocycles. The maximum absolute atomic E-state index is 14.3. The second-order valence-corrected chi connectivity index (χ2v) is 9.35. The minimum atomic E-state index is -0.592. The van der Waals surface area contributed by atoms with E-state index in [0.717, 1.165) is 61.5 Å². The van der Waals surface area contributed by atoms with Crippen LogP contribution in [0.4, 0.5) is 10.3 Å². The number of nitrogens with zero attached hydrogens (tertiary/aromatic N) is 5. The quantitative estimate of drug-likeness (QED) is 0.393. The SMILES string of the molecule is COCCNC(=O)c1ccc(OCCCC2CCN(c3ncc(-c4cnn(C)c4C)cn3)CC2)cc1F. The van der Waals surface area contributed by atoms with Crippen molar-refractivity contribution in [1.82, 2.24) is 25.1 Å². The normalized spacial score (nSPS) is 14.1. The van der Waals surface area contributed by atoms with Crippen molar-refractivity contribution >= 4 is 11.9 Å². The van der Waals surface area contributed by atoms with E-state index in [1.807, 2.05) is 37.2 Å². The summed E-state index contributed by atoms with van der Waals surface area (Å²) in [6.45, 7) is 5.11. The predicted molar refractivity (Wildman–Crippen MR) is 139 cm³/mol. The van der Waals surface area contributed by atoms with Crippen molar-refractivity contribution in [3.63, 3.8) is 0 Å². The van der Waals surface area contributed by atoms with E-state index in [9.17, 15) is 9.18 Å². The molecule has 198 valence electrons. The van der Waals surface area contributed by atoms with Crippen LogP contribution in [0, 0.1) is 18.7 Å². The van der Waals surface area contributed by atoms with Crippen LogP contribution in [0.1, 0.15) is 41.7 Å². The fourth-order valence-electron chi connectivity index (χ4n) is 4.52. The molecule has 0 unspecified atom stereocenters. The monoisotopic (exact) mass is 510 g/mol. The van der Waals surface area contributed by atoms with E-state index in [0.29, 0.717) is 31.4 Å². The lowest BCUT2D eigenvalue weighted by Crippen LogP contribution is -2.34. The summed E-state index contributed by atoms with van der Waals surface area (Å²) in [6, 6.07) is 4.35. The third-order valence-corrected chi connectivity index (χ3v) is 6.88. The maximum atomic E-state index is 14.3. The number of anilines is 1. The van der Waals surface area contributed by atoms with Crippen LogP contribution < -0.4 is 15.0 Å². The van der Waals surface area contributed by atoms with Gasteiger partial charge < -0.3 is 19.7 Å². The Kier molecular flexibility index (Phi) is 9.05. The number of aromatic nitrogens is 4. The van der Waals surface area contributed by atoms with E-state index in [1.165, 1.54) is 12.1 Å². The van der Waals surface area contributed by atoms with Crippen LogP contribution in [0.25, 0.3) is 11.1 Å². The molecular weight excluding hydrogens is 475 g/mol. The van der Waals surface area contributed by atoms with Crippen LogP contribution in [0.5, 0.6) is 5.75 Å². The number of nitrogens with one attached hydrogen (secondary N) is 1. The second-order valence-electron chi connectivity index (χ2n) is 9.35. The Hall–Kier alpha value is -3.53. The summed E-state index contributed by atoms with van der Waals surface area (Å²) >= 11 is 0. The van der Waals surface area contributed by atoms with E-state index in [1.54, 1.807) is 13.2 Å². The number of hydrogen-bond donors (Lipinski definition) is 1. The van der Waals surface area contributed by atoms with Gasteiger partial charge in [-0.3, -0.25) is 9.48 Å². The van der Waals surface area contributed by atoms with Crippen molar-refractivity contribution in [3.05, 3.63) is 53.9 Å². The molecule has 1 aromatic carbocycles. The molecule has 0 atom stereocenters. The van der Waals surface area contributed by atoms with Crippen molar-refractivity contribution in [2.45, 2.75) is 32.6 Å². The molecule has 0 spiro atoms. The van der Waals surface area contributed by atoms with Gasteiger partial charge in [0.2, 0.25) is 5.95 Å². The van der Waals surface area contributed by atoms with E-state index in [-0.39, 0.29) is 5.56 Å². The number of ether oxygens (including phenoxy) is 2. The van der Waals surface area contributed by atoms with Crippen molar-refractivity contribution in [1.29, 1.82) is 0 Å². The van der Waals surface area contributed by atoms with Gasteiger partial charge in [-0.15, -0.1) is 0 Å². The molecule has 37 heavy (non-hydrogen) atoms. The Bertz CT molecular complexity index is 1180. The van der Waals surface area contributed by atoms with Gasteiger partial charge in [-0.25, -0.2) is 14.4 Å². The highest BCUT2D eigenvalue weighted by Gasteiger charge is 2.21. The molecule has 4 rings (SSSR count). The van der Waals surface area contributed by atoms with Gasteiger partial charge in [-0.05, 0) is 50.7 Å². The summed E-state index contributed by atoms with van der Waals surface area (Å²) in [5.74, 6) is 0.767. The van der Waals surface area contributed by atoms with E-state index >= 15 is 0 Å². The average molecular weight is 511 g/mol. The van der Waals surface area contributed by atoms with E-state index < -0.39 is 11.7 Å². The summed E-state index contributed by atoms with van der Waals surface area (Å²) in [4.78, 5) is 23.5. The highest BCUT2D eigenvalue weighted by atomic mass is 19.1. The molecule has 3 aromatic rings. The molecule has 0 bridgehead atoms. The highest BCUT2D eigenvalue weighted by Crippen LogP contribution is 2.26. The number of carbonyl (C=O) groups is 1. The number of benzene rings is 1. The molecule has 10 heteroatoms. The van der Waals surface area contributed by atoms with Crippen molar-refractivity contribution in [2.24, 2.45) is 13.0 Å². The zero-order valence-corrected chi connectivity index (χ0v) is 21.7. The molecule has 1 aliphatic heterocycles. The fourth-order valence-corrected chi connectivity index (χ4v) is 4.52. The first-order valence-electron chi connectivity index (χ1n) is 12.7. The first kappa shape index (κ1) is 26.5. The topological polar surface area (TPSA) is 94.4 Å². The van der Waals surface area contributed by atoms with Crippen molar-refractivity contribution < 1.29 is 18.7 Å². The minimum Gasteiger partial charge on any atom is -0.493 e. The van der Waals surface area contributed by atoms with E-state index in [4.69, 9.17) is 9.47 Å². The minimum absolute atomic E-state index is 0.000945. The molecule has 0 radical (unpaired) electrons. The number of halogens is 1. The molecule has 2 aromatic heterocycles. The van der Waals surface area contributed by atoms with Gasteiger partial charge in [-0.2, -0.15) is 5.10 Å². The zero-order chi connectivity index (χ0) is 26.2.